The van der Waals surface area contributed by atoms with Crippen molar-refractivity contribution in [2.75, 3.05) is 11.9 Å². The molecule has 0 spiro atoms. The first-order valence-corrected chi connectivity index (χ1v) is 6.78. The molecule has 1 N–H and O–H groups in total. The zero-order valence-electron chi connectivity index (χ0n) is 12.3. The van der Waals surface area contributed by atoms with Gasteiger partial charge in [-0.25, -0.2) is 0 Å². The van der Waals surface area contributed by atoms with E-state index in [4.69, 9.17) is 4.74 Å². The predicted octanol–water partition coefficient (Wildman–Crippen LogP) is 4.11. The lowest BCUT2D eigenvalue weighted by Crippen LogP contribution is -2.26. The maximum Gasteiger partial charge on any atom is 0.215 e. The quantitative estimate of drug-likeness (QED) is 0.825. The van der Waals surface area contributed by atoms with Crippen LogP contribution in [0.5, 0.6) is 5.88 Å². The summed E-state index contributed by atoms with van der Waals surface area (Å²) in [6.07, 6.45) is 2.39. The molecule has 0 amide bonds. The minimum atomic E-state index is 0.0150. The Labute approximate surface area is 111 Å². The monoisotopic (exact) mass is 250 g/mol. The molecule has 1 heterocycles. The number of ether oxygens (including phenoxy) is 1. The average molecular weight is 250 g/mol. The maximum absolute atomic E-state index is 5.72. The number of anilines is 1. The predicted molar refractivity (Wildman–Crippen MR) is 77.2 cm³/mol. The Morgan fingerprint density at radius 2 is 2.06 bits per heavy atom. The van der Waals surface area contributed by atoms with E-state index in [1.807, 2.05) is 18.2 Å². The van der Waals surface area contributed by atoms with E-state index in [2.05, 4.69) is 44.9 Å². The van der Waals surface area contributed by atoms with Crippen LogP contribution in [0.4, 0.5) is 5.82 Å². The van der Waals surface area contributed by atoms with Crippen LogP contribution in [0, 0.1) is 5.92 Å². The van der Waals surface area contributed by atoms with Crippen LogP contribution in [0.15, 0.2) is 18.2 Å². The van der Waals surface area contributed by atoms with Gasteiger partial charge in [-0.1, -0.05) is 26.3 Å². The van der Waals surface area contributed by atoms with Crippen LogP contribution in [0.25, 0.3) is 0 Å². The number of hydrogen-bond donors (Lipinski definition) is 1. The van der Waals surface area contributed by atoms with E-state index < -0.39 is 0 Å². The highest BCUT2D eigenvalue weighted by molar-refractivity contribution is 5.39. The Kier molecular flexibility index (Phi) is 5.45. The molecule has 1 atom stereocenters. The molecule has 0 aromatic carbocycles. The molecule has 102 valence electrons. The molecular weight excluding hydrogens is 224 g/mol. The molecule has 3 heteroatoms. The van der Waals surface area contributed by atoms with Gasteiger partial charge in [-0.05, 0) is 39.2 Å². The zero-order chi connectivity index (χ0) is 13.6. The summed E-state index contributed by atoms with van der Waals surface area (Å²) in [7, 11) is 0. The van der Waals surface area contributed by atoms with Crippen LogP contribution in [-0.4, -0.2) is 17.1 Å². The van der Waals surface area contributed by atoms with Gasteiger partial charge in [0.05, 0.1) is 6.61 Å². The first-order valence-electron chi connectivity index (χ1n) is 6.78. The van der Waals surface area contributed by atoms with Crippen molar-refractivity contribution in [1.82, 2.24) is 4.98 Å². The second-order valence-corrected chi connectivity index (χ2v) is 5.94. The molecule has 0 radical (unpaired) electrons. The van der Waals surface area contributed by atoms with Gasteiger partial charge < -0.3 is 10.1 Å². The lowest BCUT2D eigenvalue weighted by atomic mass is 10.1. The van der Waals surface area contributed by atoms with E-state index in [1.54, 1.807) is 0 Å². The molecule has 0 aliphatic rings. The standard InChI is InChI=1S/C15H26N2O/c1-6-8-12(2)11-18-14-10-7-9-13(16-14)17-15(3,4)5/h7,9-10,12H,6,8,11H2,1-5H3,(H,16,17). The second-order valence-electron chi connectivity index (χ2n) is 5.94. The van der Waals surface area contributed by atoms with Gasteiger partial charge in [0.15, 0.2) is 0 Å². The van der Waals surface area contributed by atoms with E-state index in [0.717, 1.165) is 12.4 Å². The fourth-order valence-corrected chi connectivity index (χ4v) is 1.75. The minimum Gasteiger partial charge on any atom is -0.477 e. The Hall–Kier alpha value is -1.25. The first kappa shape index (κ1) is 14.8. The van der Waals surface area contributed by atoms with Crippen molar-refractivity contribution in [2.24, 2.45) is 5.92 Å². The Balaban J connectivity index is 2.54. The summed E-state index contributed by atoms with van der Waals surface area (Å²) in [6, 6.07) is 5.85. The molecule has 0 saturated heterocycles. The normalized spacial score (nSPS) is 13.2. The van der Waals surface area contributed by atoms with Crippen molar-refractivity contribution in [2.45, 2.75) is 53.0 Å². The number of nitrogens with one attached hydrogen (secondary N) is 1. The van der Waals surface area contributed by atoms with E-state index in [9.17, 15) is 0 Å². The van der Waals surface area contributed by atoms with Crippen molar-refractivity contribution in [3.05, 3.63) is 18.2 Å². The van der Waals surface area contributed by atoms with Crippen LogP contribution in [0.1, 0.15) is 47.5 Å². The third-order valence-corrected chi connectivity index (χ3v) is 2.52. The van der Waals surface area contributed by atoms with Gasteiger partial charge in [0.1, 0.15) is 5.82 Å². The van der Waals surface area contributed by atoms with Crippen molar-refractivity contribution < 1.29 is 4.74 Å². The summed E-state index contributed by atoms with van der Waals surface area (Å²) in [4.78, 5) is 4.46. The van der Waals surface area contributed by atoms with E-state index >= 15 is 0 Å². The SMILES string of the molecule is CCCC(C)COc1cccc(NC(C)(C)C)n1. The van der Waals surface area contributed by atoms with Gasteiger partial charge in [-0.15, -0.1) is 0 Å². The van der Waals surface area contributed by atoms with Crippen molar-refractivity contribution in [1.29, 1.82) is 0 Å². The zero-order valence-corrected chi connectivity index (χ0v) is 12.3. The number of pyridine rings is 1. The summed E-state index contributed by atoms with van der Waals surface area (Å²) in [5.74, 6) is 2.14. The van der Waals surface area contributed by atoms with Gasteiger partial charge in [-0.3, -0.25) is 0 Å². The smallest absolute Gasteiger partial charge is 0.215 e. The molecular formula is C15H26N2O. The molecule has 1 unspecified atom stereocenters. The first-order chi connectivity index (χ1) is 8.40. The van der Waals surface area contributed by atoms with Crippen LogP contribution < -0.4 is 10.1 Å². The van der Waals surface area contributed by atoms with Gasteiger partial charge in [0.25, 0.3) is 0 Å². The number of nitrogens with zero attached hydrogens (tertiary/aromatic N) is 1. The molecule has 0 saturated carbocycles. The third kappa shape index (κ3) is 5.89. The van der Waals surface area contributed by atoms with Gasteiger partial charge in [0, 0.05) is 11.6 Å². The van der Waals surface area contributed by atoms with Crippen molar-refractivity contribution in [3.63, 3.8) is 0 Å². The average Bonchev–Trinajstić information content (AvgIpc) is 2.25. The van der Waals surface area contributed by atoms with Gasteiger partial charge in [0.2, 0.25) is 5.88 Å². The summed E-state index contributed by atoms with van der Waals surface area (Å²) >= 11 is 0. The molecule has 0 fully saturated rings. The van der Waals surface area contributed by atoms with E-state index in [-0.39, 0.29) is 5.54 Å². The third-order valence-electron chi connectivity index (χ3n) is 2.52. The largest absolute Gasteiger partial charge is 0.477 e. The Morgan fingerprint density at radius 3 is 2.67 bits per heavy atom. The highest BCUT2D eigenvalue weighted by Crippen LogP contribution is 2.17. The molecule has 1 rings (SSSR count). The fraction of sp³-hybridized carbons (Fsp3) is 0.667. The van der Waals surface area contributed by atoms with E-state index in [0.29, 0.717) is 11.8 Å². The Bertz CT molecular complexity index is 358. The van der Waals surface area contributed by atoms with Crippen molar-refractivity contribution in [3.8, 4) is 5.88 Å². The van der Waals surface area contributed by atoms with Crippen LogP contribution in [0.3, 0.4) is 0 Å². The molecule has 0 aliphatic heterocycles. The van der Waals surface area contributed by atoms with Crippen molar-refractivity contribution >= 4 is 5.82 Å². The Morgan fingerprint density at radius 1 is 1.33 bits per heavy atom. The highest BCUT2D eigenvalue weighted by Gasteiger charge is 2.10. The summed E-state index contributed by atoms with van der Waals surface area (Å²) in [5, 5.41) is 3.34. The number of hydrogen-bond acceptors (Lipinski definition) is 3. The van der Waals surface area contributed by atoms with Gasteiger partial charge >= 0.3 is 0 Å². The van der Waals surface area contributed by atoms with Crippen LogP contribution in [0.2, 0.25) is 0 Å². The van der Waals surface area contributed by atoms with Crippen LogP contribution >= 0.6 is 0 Å². The maximum atomic E-state index is 5.72. The molecule has 1 aromatic heterocycles. The van der Waals surface area contributed by atoms with Gasteiger partial charge in [-0.2, -0.15) is 4.98 Å². The summed E-state index contributed by atoms with van der Waals surface area (Å²) < 4.78 is 5.72. The molecule has 1 aromatic rings. The lowest BCUT2D eigenvalue weighted by Gasteiger charge is -2.21. The number of rotatable bonds is 6. The lowest BCUT2D eigenvalue weighted by molar-refractivity contribution is 0.243. The molecule has 0 bridgehead atoms. The minimum absolute atomic E-state index is 0.0150. The fourth-order valence-electron chi connectivity index (χ4n) is 1.75. The van der Waals surface area contributed by atoms with Crippen LogP contribution in [-0.2, 0) is 0 Å². The summed E-state index contributed by atoms with van der Waals surface area (Å²) in [6.45, 7) is 11.5. The molecule has 3 nitrogen and oxygen atoms in total. The summed E-state index contributed by atoms with van der Waals surface area (Å²) in [5.41, 5.74) is 0.0150. The molecule has 18 heavy (non-hydrogen) atoms. The number of aromatic nitrogens is 1. The van der Waals surface area contributed by atoms with E-state index in [1.165, 1.54) is 12.8 Å². The second kappa shape index (κ2) is 6.62. The topological polar surface area (TPSA) is 34.1 Å². The molecule has 0 aliphatic carbocycles. The highest BCUT2D eigenvalue weighted by atomic mass is 16.5.